The second-order valence-corrected chi connectivity index (χ2v) is 4.08. The Hall–Kier alpha value is -0.910. The zero-order valence-electron chi connectivity index (χ0n) is 11.0. The molecule has 0 saturated heterocycles. The number of nitrogens with one attached hydrogen (secondary N) is 1. The number of nitrogens with two attached hydrogens (primary N) is 1. The molecule has 3 N–H and O–H groups in total. The first kappa shape index (κ1) is 14.2. The van der Waals surface area contributed by atoms with Crippen LogP contribution in [0, 0.1) is 0 Å². The van der Waals surface area contributed by atoms with E-state index in [9.17, 15) is 0 Å². The molecule has 2 atom stereocenters. The first-order valence-corrected chi connectivity index (χ1v) is 6.36. The molecule has 0 spiro atoms. The maximum atomic E-state index is 5.69. The summed E-state index contributed by atoms with van der Waals surface area (Å²) < 4.78 is 7.63. The first-order valence-electron chi connectivity index (χ1n) is 6.36. The molecule has 1 rings (SSSR count). The van der Waals surface area contributed by atoms with Gasteiger partial charge < -0.3 is 4.74 Å². The lowest BCUT2D eigenvalue weighted by molar-refractivity contribution is 0.0314. The maximum Gasteiger partial charge on any atom is 0.0781 e. The molecule has 0 amide bonds. The molecule has 0 bridgehead atoms. The Morgan fingerprint density at radius 2 is 2.24 bits per heavy atom. The van der Waals surface area contributed by atoms with E-state index in [1.54, 1.807) is 0 Å². The van der Waals surface area contributed by atoms with Gasteiger partial charge in [-0.05, 0) is 19.8 Å². The molecule has 0 saturated carbocycles. The van der Waals surface area contributed by atoms with Crippen molar-refractivity contribution in [1.82, 2.24) is 15.2 Å². The van der Waals surface area contributed by atoms with Crippen molar-refractivity contribution < 1.29 is 4.74 Å². The molecule has 1 aromatic heterocycles. The molecule has 98 valence electrons. The molecule has 5 nitrogen and oxygen atoms in total. The van der Waals surface area contributed by atoms with Crippen LogP contribution in [-0.2, 0) is 11.3 Å². The lowest BCUT2D eigenvalue weighted by Gasteiger charge is -2.24. The Balaban J connectivity index is 2.76. The van der Waals surface area contributed by atoms with E-state index in [4.69, 9.17) is 10.6 Å². The summed E-state index contributed by atoms with van der Waals surface area (Å²) in [6, 6.07) is 0.00514. The summed E-state index contributed by atoms with van der Waals surface area (Å²) in [6.45, 7) is 7.86. The van der Waals surface area contributed by atoms with Gasteiger partial charge in [-0.3, -0.25) is 16.0 Å². The van der Waals surface area contributed by atoms with E-state index < -0.39 is 0 Å². The van der Waals surface area contributed by atoms with E-state index in [1.807, 2.05) is 24.0 Å². The summed E-state index contributed by atoms with van der Waals surface area (Å²) in [4.78, 5) is 0. The fourth-order valence-corrected chi connectivity index (χ4v) is 1.97. The summed E-state index contributed by atoms with van der Waals surface area (Å²) in [6.07, 6.45) is 5.98. The van der Waals surface area contributed by atoms with Crippen LogP contribution in [0.2, 0.25) is 0 Å². The average Bonchev–Trinajstić information content (AvgIpc) is 2.78. The van der Waals surface area contributed by atoms with Gasteiger partial charge in [0.1, 0.15) is 0 Å². The van der Waals surface area contributed by atoms with E-state index in [1.165, 1.54) is 0 Å². The third-order valence-corrected chi connectivity index (χ3v) is 2.80. The monoisotopic (exact) mass is 240 g/mol. The van der Waals surface area contributed by atoms with Gasteiger partial charge >= 0.3 is 0 Å². The van der Waals surface area contributed by atoms with Crippen LogP contribution < -0.4 is 11.3 Å². The topological polar surface area (TPSA) is 65.1 Å². The predicted octanol–water partition coefficient (Wildman–Crippen LogP) is 1.61. The van der Waals surface area contributed by atoms with Crippen LogP contribution in [0.5, 0.6) is 0 Å². The van der Waals surface area contributed by atoms with Gasteiger partial charge in [-0.1, -0.05) is 13.8 Å². The summed E-state index contributed by atoms with van der Waals surface area (Å²) in [7, 11) is 0. The van der Waals surface area contributed by atoms with Crippen LogP contribution in [0.15, 0.2) is 12.4 Å². The molecule has 1 aromatic rings. The predicted molar refractivity (Wildman–Crippen MR) is 68.3 cm³/mol. The highest BCUT2D eigenvalue weighted by molar-refractivity contribution is 5.12. The fraction of sp³-hybridized carbons (Fsp3) is 0.750. The Bertz CT molecular complexity index is 313. The van der Waals surface area contributed by atoms with Crippen LogP contribution >= 0.6 is 0 Å². The molecule has 2 unspecified atom stereocenters. The molecular formula is C12H24N4O. The highest BCUT2D eigenvalue weighted by atomic mass is 16.5. The van der Waals surface area contributed by atoms with Gasteiger partial charge in [0.05, 0.1) is 18.3 Å². The minimum atomic E-state index is 0.00514. The number of rotatable bonds is 8. The van der Waals surface area contributed by atoms with E-state index in [0.717, 1.165) is 24.9 Å². The molecule has 17 heavy (non-hydrogen) atoms. The number of aryl methyl sites for hydroxylation is 1. The first-order chi connectivity index (χ1) is 8.26. The average molecular weight is 240 g/mol. The highest BCUT2D eigenvalue weighted by Gasteiger charge is 2.22. The Morgan fingerprint density at radius 1 is 1.47 bits per heavy atom. The van der Waals surface area contributed by atoms with Crippen LogP contribution in [0.3, 0.4) is 0 Å². The lowest BCUT2D eigenvalue weighted by Crippen LogP contribution is -2.37. The van der Waals surface area contributed by atoms with Gasteiger partial charge in [-0.15, -0.1) is 0 Å². The van der Waals surface area contributed by atoms with Gasteiger partial charge in [-0.2, -0.15) is 5.10 Å². The number of hydrogen-bond donors (Lipinski definition) is 2. The smallest absolute Gasteiger partial charge is 0.0781 e. The van der Waals surface area contributed by atoms with Gasteiger partial charge in [0, 0.05) is 24.9 Å². The third-order valence-electron chi connectivity index (χ3n) is 2.80. The number of aromatic nitrogens is 2. The van der Waals surface area contributed by atoms with Crippen molar-refractivity contribution in [3.8, 4) is 0 Å². The van der Waals surface area contributed by atoms with Crippen LogP contribution in [0.25, 0.3) is 0 Å². The molecule has 0 aliphatic heterocycles. The van der Waals surface area contributed by atoms with Crippen molar-refractivity contribution in [2.45, 2.75) is 52.3 Å². The number of hydrazine groups is 1. The summed E-state index contributed by atoms with van der Waals surface area (Å²) in [5, 5.41) is 4.32. The van der Waals surface area contributed by atoms with Crippen molar-refractivity contribution in [2.75, 3.05) is 6.61 Å². The summed E-state index contributed by atoms with van der Waals surface area (Å²) in [5.74, 6) is 5.63. The van der Waals surface area contributed by atoms with Crippen molar-refractivity contribution in [1.29, 1.82) is 0 Å². The zero-order valence-corrected chi connectivity index (χ0v) is 11.0. The van der Waals surface area contributed by atoms with Crippen LogP contribution in [0.4, 0.5) is 0 Å². The number of hydrogen-bond acceptors (Lipinski definition) is 4. The molecular weight excluding hydrogens is 216 g/mol. The lowest BCUT2D eigenvalue weighted by atomic mass is 10.0. The minimum Gasteiger partial charge on any atom is -0.376 e. The third kappa shape index (κ3) is 3.80. The van der Waals surface area contributed by atoms with Crippen LogP contribution in [0.1, 0.15) is 45.2 Å². The number of nitrogens with zero attached hydrogens (tertiary/aromatic N) is 2. The SMILES string of the molecule is CCCn1cc(C(NN)C(CC)OCC)cn1. The molecule has 0 aromatic carbocycles. The zero-order chi connectivity index (χ0) is 12.7. The van der Waals surface area contributed by atoms with Crippen molar-refractivity contribution in [3.05, 3.63) is 18.0 Å². The van der Waals surface area contributed by atoms with Gasteiger partial charge in [0.2, 0.25) is 0 Å². The Morgan fingerprint density at radius 3 is 2.76 bits per heavy atom. The van der Waals surface area contributed by atoms with E-state index in [2.05, 4.69) is 24.4 Å². The summed E-state index contributed by atoms with van der Waals surface area (Å²) in [5.41, 5.74) is 3.92. The second kappa shape index (κ2) is 7.42. The summed E-state index contributed by atoms with van der Waals surface area (Å²) >= 11 is 0. The standard InChI is InChI=1S/C12H24N4O/c1-4-7-16-9-10(8-14-16)12(15-13)11(5-2)17-6-3/h8-9,11-12,15H,4-7,13H2,1-3H3. The largest absolute Gasteiger partial charge is 0.376 e. The Labute approximate surface area is 103 Å². The van der Waals surface area contributed by atoms with E-state index in [-0.39, 0.29) is 12.1 Å². The quantitative estimate of drug-likeness (QED) is 0.535. The fourth-order valence-electron chi connectivity index (χ4n) is 1.97. The van der Waals surface area contributed by atoms with Gasteiger partial charge in [0.25, 0.3) is 0 Å². The second-order valence-electron chi connectivity index (χ2n) is 4.08. The Kier molecular flexibility index (Phi) is 6.18. The van der Waals surface area contributed by atoms with Crippen molar-refractivity contribution in [2.24, 2.45) is 5.84 Å². The van der Waals surface area contributed by atoms with E-state index >= 15 is 0 Å². The number of ether oxygens (including phenoxy) is 1. The molecule has 0 aliphatic carbocycles. The normalized spacial score (nSPS) is 14.8. The van der Waals surface area contributed by atoms with Crippen molar-refractivity contribution >= 4 is 0 Å². The minimum absolute atomic E-state index is 0.00514. The molecule has 5 heteroatoms. The van der Waals surface area contributed by atoms with E-state index in [0.29, 0.717) is 6.61 Å². The molecule has 0 radical (unpaired) electrons. The van der Waals surface area contributed by atoms with Gasteiger partial charge in [-0.25, -0.2) is 0 Å². The van der Waals surface area contributed by atoms with Crippen molar-refractivity contribution in [3.63, 3.8) is 0 Å². The van der Waals surface area contributed by atoms with Gasteiger partial charge in [0.15, 0.2) is 0 Å². The molecule has 0 fully saturated rings. The molecule has 1 heterocycles. The highest BCUT2D eigenvalue weighted by Crippen LogP contribution is 2.20. The molecule has 0 aliphatic rings. The maximum absolute atomic E-state index is 5.69. The van der Waals surface area contributed by atoms with Crippen LogP contribution in [-0.4, -0.2) is 22.5 Å².